The third-order valence-electron chi connectivity index (χ3n) is 3.58. The van der Waals surface area contributed by atoms with E-state index in [1.165, 1.54) is 0 Å². The Morgan fingerprint density at radius 2 is 1.95 bits per heavy atom. The van der Waals surface area contributed by atoms with Gasteiger partial charge in [-0.05, 0) is 23.8 Å². The molecule has 0 unspecified atom stereocenters. The maximum atomic E-state index is 11.5. The van der Waals surface area contributed by atoms with Gasteiger partial charge >= 0.3 is 5.97 Å². The first kappa shape index (κ1) is 14.1. The first-order valence-corrected chi connectivity index (χ1v) is 7.06. The zero-order chi connectivity index (χ0) is 15.4. The van der Waals surface area contributed by atoms with E-state index in [0.717, 1.165) is 5.69 Å². The largest absolute Gasteiger partial charge is 0.479 e. The molecular weight excluding hydrogens is 276 g/mol. The Morgan fingerprint density at radius 3 is 2.77 bits per heavy atom. The predicted octanol–water partition coefficient (Wildman–Crippen LogP) is 2.91. The van der Waals surface area contributed by atoms with E-state index in [-0.39, 0.29) is 0 Å². The van der Waals surface area contributed by atoms with E-state index in [1.807, 2.05) is 65.4 Å². The van der Waals surface area contributed by atoms with Crippen LogP contribution in [0.1, 0.15) is 5.69 Å². The van der Waals surface area contributed by atoms with Crippen molar-refractivity contribution in [3.05, 3.63) is 84.3 Å². The molecule has 0 spiro atoms. The Morgan fingerprint density at radius 1 is 1.18 bits per heavy atom. The molecule has 0 amide bonds. The summed E-state index contributed by atoms with van der Waals surface area (Å²) in [6.07, 6.45) is 20.5. The number of carboxylic acid groups (broad SMARTS) is 1. The fourth-order valence-electron chi connectivity index (χ4n) is 2.26. The van der Waals surface area contributed by atoms with Gasteiger partial charge < -0.3 is 9.67 Å². The minimum absolute atomic E-state index is 0.705. The highest BCUT2D eigenvalue weighted by Crippen LogP contribution is 2.39. The Labute approximate surface area is 128 Å². The zero-order valence-electron chi connectivity index (χ0n) is 12.0. The van der Waals surface area contributed by atoms with Crippen LogP contribution in [0.3, 0.4) is 0 Å². The number of carboxylic acids is 1. The van der Waals surface area contributed by atoms with Crippen molar-refractivity contribution < 1.29 is 9.90 Å². The molecule has 0 saturated carbocycles. The van der Waals surface area contributed by atoms with Crippen LogP contribution in [0.25, 0.3) is 0 Å². The summed E-state index contributed by atoms with van der Waals surface area (Å²) in [6, 6.07) is 3.84. The first-order chi connectivity index (χ1) is 10.7. The van der Waals surface area contributed by atoms with Gasteiger partial charge in [0.25, 0.3) is 0 Å². The topological polar surface area (TPSA) is 54.6 Å². The summed E-state index contributed by atoms with van der Waals surface area (Å²) in [5, 5.41) is 9.44. The summed E-state index contributed by atoms with van der Waals surface area (Å²) in [6.45, 7) is 0.709. The molecule has 1 aromatic rings. The molecule has 22 heavy (non-hydrogen) atoms. The molecule has 0 aromatic carbocycles. The molecule has 0 radical (unpaired) electrons. The summed E-state index contributed by atoms with van der Waals surface area (Å²) in [5.41, 5.74) is 0.382. The maximum absolute atomic E-state index is 11.5. The number of aliphatic imine (C=N–C) groups is 1. The second-order valence-corrected chi connectivity index (χ2v) is 5.07. The lowest BCUT2D eigenvalue weighted by atomic mass is 10.1. The van der Waals surface area contributed by atoms with Crippen molar-refractivity contribution in [3.63, 3.8) is 0 Å². The lowest BCUT2D eigenvalue weighted by Crippen LogP contribution is -2.24. The first-order valence-electron chi connectivity index (χ1n) is 7.06. The lowest BCUT2D eigenvalue weighted by Gasteiger charge is -2.07. The van der Waals surface area contributed by atoms with E-state index in [4.69, 9.17) is 0 Å². The van der Waals surface area contributed by atoms with Gasteiger partial charge in [0, 0.05) is 19.0 Å². The molecule has 1 aromatic heterocycles. The van der Waals surface area contributed by atoms with Crippen molar-refractivity contribution in [2.75, 3.05) is 0 Å². The van der Waals surface area contributed by atoms with E-state index >= 15 is 0 Å². The van der Waals surface area contributed by atoms with E-state index in [2.05, 4.69) is 4.99 Å². The van der Waals surface area contributed by atoms with Crippen LogP contribution in [0.4, 0.5) is 0 Å². The van der Waals surface area contributed by atoms with Crippen molar-refractivity contribution in [1.29, 1.82) is 0 Å². The number of aromatic nitrogens is 1. The Hall–Kier alpha value is -2.88. The molecule has 110 valence electrons. The monoisotopic (exact) mass is 292 g/mol. The van der Waals surface area contributed by atoms with Gasteiger partial charge in [-0.1, -0.05) is 48.6 Å². The Balaban J connectivity index is 1.94. The summed E-state index contributed by atoms with van der Waals surface area (Å²) in [5.74, 6) is -0.949. The Kier molecular flexibility index (Phi) is 3.74. The number of hydrogen-bond acceptors (Lipinski definition) is 2. The minimum atomic E-state index is -1.20. The quantitative estimate of drug-likeness (QED) is 0.865. The second-order valence-electron chi connectivity index (χ2n) is 5.07. The van der Waals surface area contributed by atoms with E-state index in [1.54, 1.807) is 18.4 Å². The molecule has 2 aliphatic rings. The second kappa shape index (κ2) is 5.85. The number of aliphatic carboxylic acids is 1. The maximum Gasteiger partial charge on any atom is 0.340 e. The normalized spacial score (nSPS) is 29.0. The summed E-state index contributed by atoms with van der Waals surface area (Å²) >= 11 is 0. The zero-order valence-corrected chi connectivity index (χ0v) is 12.0. The number of fused-ring (bicyclic) bond motifs is 2. The molecule has 0 saturated heterocycles. The number of allylic oxidation sites excluding steroid dienone is 7. The highest BCUT2D eigenvalue weighted by molar-refractivity contribution is 5.97. The molecule has 1 N–H and O–H groups in total. The fourth-order valence-corrected chi connectivity index (χ4v) is 2.26. The Bertz CT molecular complexity index is 760. The summed E-state index contributed by atoms with van der Waals surface area (Å²) in [4.78, 5) is 15.8. The van der Waals surface area contributed by atoms with Crippen LogP contribution in [0, 0.1) is 0 Å². The SMILES string of the molecule is O=C(O)[C@@]12C=C1\C=C/C=C/C=C/C=C\Cn1cccc1C=N2. The van der Waals surface area contributed by atoms with Gasteiger partial charge in [-0.2, -0.15) is 0 Å². The highest BCUT2D eigenvalue weighted by Gasteiger charge is 2.49. The fraction of sp³-hybridized carbons (Fsp3) is 0.111. The number of rotatable bonds is 1. The average Bonchev–Trinajstić information content (AvgIpc) is 3.04. The molecule has 1 aliphatic heterocycles. The van der Waals surface area contributed by atoms with Gasteiger partial charge in [0.2, 0.25) is 5.54 Å². The van der Waals surface area contributed by atoms with Crippen molar-refractivity contribution in [2.45, 2.75) is 12.1 Å². The van der Waals surface area contributed by atoms with Gasteiger partial charge in [0.05, 0.1) is 5.69 Å². The molecule has 1 aliphatic carbocycles. The third-order valence-corrected chi connectivity index (χ3v) is 3.58. The molecule has 3 rings (SSSR count). The van der Waals surface area contributed by atoms with Crippen LogP contribution in [-0.4, -0.2) is 27.4 Å². The third kappa shape index (κ3) is 2.76. The van der Waals surface area contributed by atoms with E-state index < -0.39 is 11.5 Å². The lowest BCUT2D eigenvalue weighted by molar-refractivity contribution is -0.138. The average molecular weight is 292 g/mol. The summed E-state index contributed by atoms with van der Waals surface area (Å²) < 4.78 is 2.01. The number of hydrogen-bond donors (Lipinski definition) is 1. The van der Waals surface area contributed by atoms with Crippen LogP contribution in [0.2, 0.25) is 0 Å². The van der Waals surface area contributed by atoms with E-state index in [9.17, 15) is 9.90 Å². The molecule has 1 atom stereocenters. The van der Waals surface area contributed by atoms with Gasteiger partial charge in [0.1, 0.15) is 0 Å². The molecule has 2 heterocycles. The van der Waals surface area contributed by atoms with Crippen LogP contribution in [-0.2, 0) is 11.3 Å². The van der Waals surface area contributed by atoms with E-state index in [0.29, 0.717) is 12.1 Å². The van der Waals surface area contributed by atoms with Gasteiger partial charge in [0.15, 0.2) is 0 Å². The van der Waals surface area contributed by atoms with Gasteiger partial charge in [-0.15, -0.1) is 0 Å². The van der Waals surface area contributed by atoms with Crippen LogP contribution >= 0.6 is 0 Å². The van der Waals surface area contributed by atoms with Crippen LogP contribution in [0.5, 0.6) is 0 Å². The predicted molar refractivity (Wildman–Crippen MR) is 87.0 cm³/mol. The van der Waals surface area contributed by atoms with Gasteiger partial charge in [-0.25, -0.2) is 4.79 Å². The number of carbonyl (C=O) groups is 1. The molecular formula is C18H16N2O2. The van der Waals surface area contributed by atoms with Crippen LogP contribution < -0.4 is 0 Å². The highest BCUT2D eigenvalue weighted by atomic mass is 16.4. The molecule has 4 heteroatoms. The van der Waals surface area contributed by atoms with Crippen molar-refractivity contribution in [2.24, 2.45) is 4.99 Å². The van der Waals surface area contributed by atoms with Gasteiger partial charge in [-0.3, -0.25) is 4.99 Å². The van der Waals surface area contributed by atoms with Crippen molar-refractivity contribution in [1.82, 2.24) is 4.57 Å². The molecule has 4 nitrogen and oxygen atoms in total. The minimum Gasteiger partial charge on any atom is -0.479 e. The number of nitrogens with zero attached hydrogens (tertiary/aromatic N) is 2. The van der Waals surface area contributed by atoms with Crippen LogP contribution in [0.15, 0.2) is 83.6 Å². The molecule has 0 fully saturated rings. The standard InChI is InChI=1S/C18H16N2O2/c21-17(22)18-13-15(18)9-6-4-2-1-3-5-7-11-20-12-8-10-16(20)14-19-18/h1-10,12-14H,11H2,(H,21,22)/b3-1+,4-2+,7-5-,9-6-,19-14?/t18-/m1/s1. The summed E-state index contributed by atoms with van der Waals surface area (Å²) in [7, 11) is 0. The smallest absolute Gasteiger partial charge is 0.340 e. The van der Waals surface area contributed by atoms with Crippen molar-refractivity contribution >= 4 is 12.2 Å². The molecule has 0 bridgehead atoms. The van der Waals surface area contributed by atoms with Crippen molar-refractivity contribution in [3.8, 4) is 0 Å².